The molecular formula is C18H30N4O2S2. The van der Waals surface area contributed by atoms with Gasteiger partial charge < -0.3 is 9.64 Å². The van der Waals surface area contributed by atoms with E-state index in [1.165, 1.54) is 23.4 Å². The number of carbonyl (C=O) groups excluding carboxylic acids is 1. The lowest BCUT2D eigenvalue weighted by Crippen LogP contribution is -2.50. The van der Waals surface area contributed by atoms with Crippen molar-refractivity contribution in [2.24, 2.45) is 0 Å². The molecule has 2 aliphatic heterocycles. The van der Waals surface area contributed by atoms with Crippen LogP contribution in [-0.4, -0.2) is 60.2 Å². The van der Waals surface area contributed by atoms with E-state index >= 15 is 0 Å². The summed E-state index contributed by atoms with van der Waals surface area (Å²) in [4.78, 5) is 24.8. The molecule has 0 saturated carbocycles. The van der Waals surface area contributed by atoms with Gasteiger partial charge in [0.05, 0.1) is 10.9 Å². The van der Waals surface area contributed by atoms with E-state index in [4.69, 9.17) is 9.72 Å². The number of amides is 2. The molecule has 1 aromatic rings. The van der Waals surface area contributed by atoms with Crippen molar-refractivity contribution in [1.29, 1.82) is 0 Å². The summed E-state index contributed by atoms with van der Waals surface area (Å²) in [5.74, 6) is 1.16. The van der Waals surface area contributed by atoms with E-state index < -0.39 is 0 Å². The van der Waals surface area contributed by atoms with E-state index in [9.17, 15) is 4.79 Å². The summed E-state index contributed by atoms with van der Waals surface area (Å²) in [7, 11) is 2.21. The van der Waals surface area contributed by atoms with Crippen molar-refractivity contribution in [3.05, 3.63) is 10.6 Å². The van der Waals surface area contributed by atoms with Crippen LogP contribution in [-0.2, 0) is 4.74 Å². The second-order valence-corrected chi connectivity index (χ2v) is 9.17. The zero-order valence-corrected chi connectivity index (χ0v) is 17.9. The van der Waals surface area contributed by atoms with E-state index in [0.717, 1.165) is 23.8 Å². The molecule has 3 rings (SSSR count). The normalized spacial score (nSPS) is 24.2. The third kappa shape index (κ3) is 3.88. The van der Waals surface area contributed by atoms with Gasteiger partial charge in [-0.25, -0.2) is 14.7 Å². The number of nitrogens with zero attached hydrogens (tertiary/aromatic N) is 4. The maximum absolute atomic E-state index is 12.7. The summed E-state index contributed by atoms with van der Waals surface area (Å²) in [6.07, 6.45) is 3.51. The molecule has 3 heterocycles. The zero-order chi connectivity index (χ0) is 18.7. The first-order valence-electron chi connectivity index (χ1n) is 9.57. The SMILES string of the molecule is CCCCSC1CN(C)C(CC)c2sc(N3COCN(CC)C3=O)nc21. The van der Waals surface area contributed by atoms with Gasteiger partial charge in [-0.2, -0.15) is 11.8 Å². The van der Waals surface area contributed by atoms with Crippen molar-refractivity contribution in [1.82, 2.24) is 14.8 Å². The first-order valence-corrected chi connectivity index (χ1v) is 11.4. The highest BCUT2D eigenvalue weighted by atomic mass is 32.2. The molecule has 1 fully saturated rings. The van der Waals surface area contributed by atoms with Gasteiger partial charge in [0.1, 0.15) is 13.5 Å². The number of ether oxygens (including phenoxy) is 1. The van der Waals surface area contributed by atoms with Crippen molar-refractivity contribution in [3.8, 4) is 0 Å². The number of aromatic nitrogens is 1. The maximum Gasteiger partial charge on any atom is 0.330 e. The molecule has 1 saturated heterocycles. The second-order valence-electron chi connectivity index (χ2n) is 6.85. The Morgan fingerprint density at radius 3 is 2.81 bits per heavy atom. The third-order valence-corrected chi connectivity index (χ3v) is 7.54. The van der Waals surface area contributed by atoms with Crippen molar-refractivity contribution < 1.29 is 9.53 Å². The van der Waals surface area contributed by atoms with Crippen LogP contribution in [0.1, 0.15) is 61.9 Å². The van der Waals surface area contributed by atoms with Gasteiger partial charge in [-0.15, -0.1) is 0 Å². The molecule has 2 atom stereocenters. The number of carbonyl (C=O) groups is 1. The first-order chi connectivity index (χ1) is 12.6. The monoisotopic (exact) mass is 398 g/mol. The Labute approximate surface area is 164 Å². The number of thioether (sulfide) groups is 1. The summed E-state index contributed by atoms with van der Waals surface area (Å²) in [5, 5.41) is 1.17. The fourth-order valence-electron chi connectivity index (χ4n) is 3.48. The number of anilines is 1. The molecule has 6 nitrogen and oxygen atoms in total. The summed E-state index contributed by atoms with van der Waals surface area (Å²) >= 11 is 3.67. The molecule has 0 spiro atoms. The van der Waals surface area contributed by atoms with Crippen LogP contribution in [0, 0.1) is 0 Å². The molecule has 146 valence electrons. The van der Waals surface area contributed by atoms with E-state index in [2.05, 4.69) is 25.8 Å². The molecule has 8 heteroatoms. The number of hydrogen-bond donors (Lipinski definition) is 0. The van der Waals surface area contributed by atoms with Gasteiger partial charge in [-0.1, -0.05) is 31.6 Å². The van der Waals surface area contributed by atoms with Gasteiger partial charge in [0, 0.05) is 24.0 Å². The highest BCUT2D eigenvalue weighted by molar-refractivity contribution is 7.99. The number of likely N-dealkylation sites (N-methyl/N-ethyl adjacent to an activating group) is 1. The van der Waals surface area contributed by atoms with Crippen molar-refractivity contribution in [2.45, 2.75) is 51.3 Å². The summed E-state index contributed by atoms with van der Waals surface area (Å²) in [6, 6.07) is 0.392. The number of thiazole rings is 1. The quantitative estimate of drug-likeness (QED) is 0.641. The Kier molecular flexibility index (Phi) is 6.82. The Bertz CT molecular complexity index is 624. The standard InChI is InChI=1S/C18H30N4O2S2/c1-5-8-9-25-14-10-20(4)13(6-2)16-15(14)19-17(26-16)22-12-24-11-21(7-3)18(22)23/h13-14H,5-12H2,1-4H3. The van der Waals surface area contributed by atoms with Crippen LogP contribution >= 0.6 is 23.1 Å². The predicted octanol–water partition coefficient (Wildman–Crippen LogP) is 4.31. The molecule has 2 unspecified atom stereocenters. The molecule has 0 aromatic carbocycles. The molecule has 0 radical (unpaired) electrons. The molecule has 26 heavy (non-hydrogen) atoms. The van der Waals surface area contributed by atoms with Crippen molar-refractivity contribution in [3.63, 3.8) is 0 Å². The van der Waals surface area contributed by atoms with Crippen LogP contribution in [0.2, 0.25) is 0 Å². The number of fused-ring (bicyclic) bond motifs is 1. The zero-order valence-electron chi connectivity index (χ0n) is 16.2. The molecule has 0 bridgehead atoms. The fraction of sp³-hybridized carbons (Fsp3) is 0.778. The smallest absolute Gasteiger partial charge is 0.330 e. The Balaban J connectivity index is 1.88. The van der Waals surface area contributed by atoms with Crippen LogP contribution in [0.15, 0.2) is 0 Å². The van der Waals surface area contributed by atoms with Crippen LogP contribution in [0.3, 0.4) is 0 Å². The van der Waals surface area contributed by atoms with Gasteiger partial charge in [-0.05, 0) is 32.6 Å². The summed E-state index contributed by atoms with van der Waals surface area (Å²) in [6.45, 7) is 8.76. The van der Waals surface area contributed by atoms with Gasteiger partial charge in [0.15, 0.2) is 5.13 Å². The van der Waals surface area contributed by atoms with E-state index in [0.29, 0.717) is 31.3 Å². The number of rotatable bonds is 7. The number of urea groups is 1. The summed E-state index contributed by atoms with van der Waals surface area (Å²) < 4.78 is 5.61. The van der Waals surface area contributed by atoms with E-state index in [-0.39, 0.29) is 6.03 Å². The van der Waals surface area contributed by atoms with E-state index in [1.807, 2.05) is 18.7 Å². The fourth-order valence-corrected chi connectivity index (χ4v) is 6.33. The largest absolute Gasteiger partial charge is 0.340 e. The minimum Gasteiger partial charge on any atom is -0.340 e. The highest BCUT2D eigenvalue weighted by Crippen LogP contribution is 2.46. The highest BCUT2D eigenvalue weighted by Gasteiger charge is 2.37. The second kappa shape index (κ2) is 8.91. The first kappa shape index (κ1) is 19.9. The maximum atomic E-state index is 12.7. The molecule has 1 aromatic heterocycles. The Morgan fingerprint density at radius 2 is 2.12 bits per heavy atom. The molecule has 0 N–H and O–H groups in total. The predicted molar refractivity (Wildman–Crippen MR) is 109 cm³/mol. The lowest BCUT2D eigenvalue weighted by Gasteiger charge is -2.35. The van der Waals surface area contributed by atoms with Crippen molar-refractivity contribution >= 4 is 34.3 Å². The Morgan fingerprint density at radius 1 is 1.31 bits per heavy atom. The topological polar surface area (TPSA) is 48.9 Å². The van der Waals surface area contributed by atoms with Gasteiger partial charge in [-0.3, -0.25) is 4.90 Å². The Hall–Kier alpha value is -0.830. The third-order valence-electron chi connectivity index (χ3n) is 5.05. The minimum atomic E-state index is 0.00133. The molecule has 0 aliphatic carbocycles. The number of hydrogen-bond acceptors (Lipinski definition) is 6. The van der Waals surface area contributed by atoms with Crippen LogP contribution < -0.4 is 4.90 Å². The lowest BCUT2D eigenvalue weighted by molar-refractivity contribution is 0.0268. The van der Waals surface area contributed by atoms with Crippen LogP contribution in [0.25, 0.3) is 0 Å². The number of unbranched alkanes of at least 4 members (excludes halogenated alkanes) is 1. The van der Waals surface area contributed by atoms with Crippen LogP contribution in [0.4, 0.5) is 9.93 Å². The molecule has 2 amide bonds. The summed E-state index contributed by atoms with van der Waals surface area (Å²) in [5.41, 5.74) is 1.19. The lowest BCUT2D eigenvalue weighted by atomic mass is 10.0. The van der Waals surface area contributed by atoms with E-state index in [1.54, 1.807) is 21.1 Å². The molecule has 2 aliphatic rings. The average Bonchev–Trinajstić information content (AvgIpc) is 3.07. The molecular weight excluding hydrogens is 368 g/mol. The van der Waals surface area contributed by atoms with Gasteiger partial charge in [0.2, 0.25) is 0 Å². The van der Waals surface area contributed by atoms with Crippen molar-refractivity contribution in [2.75, 3.05) is 44.3 Å². The van der Waals surface area contributed by atoms with Gasteiger partial charge in [0.25, 0.3) is 0 Å². The van der Waals surface area contributed by atoms with Gasteiger partial charge >= 0.3 is 6.03 Å². The average molecular weight is 399 g/mol. The minimum absolute atomic E-state index is 0.00133. The van der Waals surface area contributed by atoms with Crippen LogP contribution in [0.5, 0.6) is 0 Å².